The van der Waals surface area contributed by atoms with Gasteiger partial charge in [-0.2, -0.15) is 13.2 Å². The van der Waals surface area contributed by atoms with E-state index in [1.165, 1.54) is 12.4 Å². The minimum Gasteiger partial charge on any atom is -0.372 e. The van der Waals surface area contributed by atoms with Gasteiger partial charge in [-0.1, -0.05) is 0 Å². The summed E-state index contributed by atoms with van der Waals surface area (Å²) in [5.41, 5.74) is 0.441. The topological polar surface area (TPSA) is 84.1 Å². The molecule has 0 radical (unpaired) electrons. The number of nitrogens with one attached hydrogen (secondary N) is 2. The Morgan fingerprint density at radius 2 is 2.14 bits per heavy atom. The molecule has 0 aliphatic heterocycles. The van der Waals surface area contributed by atoms with Crippen LogP contribution in [0.15, 0.2) is 29.4 Å². The van der Waals surface area contributed by atoms with E-state index < -0.39 is 22.8 Å². The number of fused-ring (bicyclic) bond motifs is 1. The van der Waals surface area contributed by atoms with Gasteiger partial charge in [0.15, 0.2) is 0 Å². The van der Waals surface area contributed by atoms with Crippen molar-refractivity contribution in [3.05, 3.63) is 24.5 Å². The highest BCUT2D eigenvalue weighted by atomic mass is 32.2. The zero-order chi connectivity index (χ0) is 16.2. The van der Waals surface area contributed by atoms with E-state index in [1.54, 1.807) is 12.1 Å². The summed E-state index contributed by atoms with van der Waals surface area (Å²) in [5.74, 6) is 0. The molecule has 22 heavy (non-hydrogen) atoms. The first kappa shape index (κ1) is 16.7. The van der Waals surface area contributed by atoms with Gasteiger partial charge < -0.3 is 9.72 Å². The molecule has 0 atom stereocenters. The zero-order valence-corrected chi connectivity index (χ0v) is 12.2. The number of H-pyrrole nitrogens is 1. The molecule has 0 saturated carbocycles. The molecule has 122 valence electrons. The fourth-order valence-electron chi connectivity index (χ4n) is 1.80. The highest BCUT2D eigenvalue weighted by molar-refractivity contribution is 7.89. The minimum atomic E-state index is -4.38. The van der Waals surface area contributed by atoms with Crippen molar-refractivity contribution in [2.75, 3.05) is 19.8 Å². The average Bonchev–Trinajstić information content (AvgIpc) is 2.86. The molecule has 2 heterocycles. The van der Waals surface area contributed by atoms with E-state index in [1.807, 2.05) is 0 Å². The zero-order valence-electron chi connectivity index (χ0n) is 11.4. The fourth-order valence-corrected chi connectivity index (χ4v) is 3.04. The maximum Gasteiger partial charge on any atom is 0.411 e. The van der Waals surface area contributed by atoms with Crippen LogP contribution >= 0.6 is 0 Å². The van der Waals surface area contributed by atoms with Crippen molar-refractivity contribution in [2.24, 2.45) is 0 Å². The SMILES string of the molecule is O=S(=O)(NCCCOCC(F)(F)F)c1c[nH]c2ncccc12. The fraction of sp³-hybridized carbons (Fsp3) is 0.417. The van der Waals surface area contributed by atoms with Gasteiger partial charge in [0.25, 0.3) is 0 Å². The van der Waals surface area contributed by atoms with E-state index in [0.29, 0.717) is 11.0 Å². The Hall–Kier alpha value is -1.65. The van der Waals surface area contributed by atoms with E-state index in [2.05, 4.69) is 19.4 Å². The van der Waals surface area contributed by atoms with Crippen LogP contribution in [0.4, 0.5) is 13.2 Å². The van der Waals surface area contributed by atoms with E-state index in [-0.39, 0.29) is 24.5 Å². The number of hydrogen-bond acceptors (Lipinski definition) is 4. The van der Waals surface area contributed by atoms with Crippen molar-refractivity contribution in [1.29, 1.82) is 0 Å². The summed E-state index contributed by atoms with van der Waals surface area (Å²) >= 11 is 0. The number of sulfonamides is 1. The van der Waals surface area contributed by atoms with Crippen molar-refractivity contribution in [3.8, 4) is 0 Å². The number of ether oxygens (including phenoxy) is 1. The first-order valence-electron chi connectivity index (χ1n) is 6.36. The van der Waals surface area contributed by atoms with E-state index in [4.69, 9.17) is 0 Å². The van der Waals surface area contributed by atoms with Gasteiger partial charge in [0.1, 0.15) is 17.1 Å². The van der Waals surface area contributed by atoms with Crippen molar-refractivity contribution < 1.29 is 26.3 Å². The Balaban J connectivity index is 1.87. The lowest BCUT2D eigenvalue weighted by Crippen LogP contribution is -2.26. The molecule has 2 rings (SSSR count). The van der Waals surface area contributed by atoms with Gasteiger partial charge in [0.2, 0.25) is 10.0 Å². The van der Waals surface area contributed by atoms with Gasteiger partial charge in [0, 0.05) is 30.9 Å². The van der Waals surface area contributed by atoms with Crippen molar-refractivity contribution in [2.45, 2.75) is 17.5 Å². The van der Waals surface area contributed by atoms with Crippen LogP contribution in [0.5, 0.6) is 0 Å². The van der Waals surface area contributed by atoms with Crippen LogP contribution in [0.1, 0.15) is 6.42 Å². The predicted molar refractivity (Wildman–Crippen MR) is 72.8 cm³/mol. The Morgan fingerprint density at radius 3 is 2.86 bits per heavy atom. The van der Waals surface area contributed by atoms with E-state index in [9.17, 15) is 21.6 Å². The second-order valence-corrected chi connectivity index (χ2v) is 6.21. The third-order valence-corrected chi connectivity index (χ3v) is 4.23. The Kier molecular flexibility index (Phi) is 5.04. The molecule has 0 aromatic carbocycles. The van der Waals surface area contributed by atoms with Gasteiger partial charge >= 0.3 is 6.18 Å². The first-order chi connectivity index (χ1) is 10.3. The maximum absolute atomic E-state index is 12.1. The summed E-state index contributed by atoms with van der Waals surface area (Å²) in [4.78, 5) is 6.77. The highest BCUT2D eigenvalue weighted by Gasteiger charge is 2.27. The number of aromatic nitrogens is 2. The lowest BCUT2D eigenvalue weighted by Gasteiger charge is -2.08. The van der Waals surface area contributed by atoms with Crippen molar-refractivity contribution in [1.82, 2.24) is 14.7 Å². The number of hydrogen-bond donors (Lipinski definition) is 2. The molecular formula is C12H14F3N3O3S. The molecule has 2 N–H and O–H groups in total. The molecule has 0 amide bonds. The molecule has 2 aromatic rings. The number of nitrogens with zero attached hydrogens (tertiary/aromatic N) is 1. The Labute approximate surface area is 124 Å². The van der Waals surface area contributed by atoms with Gasteiger partial charge in [-0.05, 0) is 18.6 Å². The smallest absolute Gasteiger partial charge is 0.372 e. The highest BCUT2D eigenvalue weighted by Crippen LogP contribution is 2.20. The third-order valence-electron chi connectivity index (χ3n) is 2.73. The van der Waals surface area contributed by atoms with Crippen molar-refractivity contribution in [3.63, 3.8) is 0 Å². The second kappa shape index (κ2) is 6.63. The van der Waals surface area contributed by atoms with Crippen LogP contribution in [0.3, 0.4) is 0 Å². The molecule has 0 aliphatic carbocycles. The number of pyridine rings is 1. The normalized spacial score (nSPS) is 12.9. The molecular weight excluding hydrogens is 323 g/mol. The van der Waals surface area contributed by atoms with Crippen LogP contribution < -0.4 is 4.72 Å². The Morgan fingerprint density at radius 1 is 1.36 bits per heavy atom. The molecule has 0 saturated heterocycles. The van der Waals surface area contributed by atoms with Gasteiger partial charge in [0.05, 0.1) is 0 Å². The number of aromatic amines is 1. The lowest BCUT2D eigenvalue weighted by atomic mass is 10.3. The molecule has 0 bridgehead atoms. The first-order valence-corrected chi connectivity index (χ1v) is 7.84. The molecule has 0 unspecified atom stereocenters. The summed E-state index contributed by atoms with van der Waals surface area (Å²) in [5, 5.41) is 0.448. The number of rotatable bonds is 7. The molecule has 10 heteroatoms. The minimum absolute atomic E-state index is 0.0207. The van der Waals surface area contributed by atoms with Gasteiger partial charge in [-0.25, -0.2) is 18.1 Å². The lowest BCUT2D eigenvalue weighted by molar-refractivity contribution is -0.173. The summed E-state index contributed by atoms with van der Waals surface area (Å²) in [7, 11) is -3.76. The summed E-state index contributed by atoms with van der Waals surface area (Å²) in [6.07, 6.45) is -1.40. The van der Waals surface area contributed by atoms with Crippen LogP contribution in [0.25, 0.3) is 11.0 Å². The molecule has 0 aliphatic rings. The summed E-state index contributed by atoms with van der Waals surface area (Å²) < 4.78 is 66.5. The van der Waals surface area contributed by atoms with Gasteiger partial charge in [-0.15, -0.1) is 0 Å². The second-order valence-electron chi connectivity index (χ2n) is 4.47. The Bertz CT molecular complexity index is 728. The molecule has 0 fully saturated rings. The monoisotopic (exact) mass is 337 g/mol. The van der Waals surface area contributed by atoms with E-state index in [0.717, 1.165) is 0 Å². The molecule has 2 aromatic heterocycles. The van der Waals surface area contributed by atoms with Crippen LogP contribution in [-0.2, 0) is 14.8 Å². The average molecular weight is 337 g/mol. The molecule has 6 nitrogen and oxygen atoms in total. The quantitative estimate of drug-likeness (QED) is 0.755. The number of alkyl halides is 3. The number of halogens is 3. The third kappa shape index (κ3) is 4.42. The van der Waals surface area contributed by atoms with Crippen molar-refractivity contribution >= 4 is 21.1 Å². The summed E-state index contributed by atoms with van der Waals surface area (Å²) in [6, 6.07) is 3.22. The van der Waals surface area contributed by atoms with E-state index >= 15 is 0 Å². The maximum atomic E-state index is 12.1. The van der Waals surface area contributed by atoms with Crippen LogP contribution in [0.2, 0.25) is 0 Å². The van der Waals surface area contributed by atoms with Crippen LogP contribution in [0, 0.1) is 0 Å². The van der Waals surface area contributed by atoms with Crippen LogP contribution in [-0.4, -0.2) is 44.3 Å². The molecule has 0 spiro atoms. The standard InChI is InChI=1S/C12H14F3N3O3S/c13-12(14,15)8-21-6-2-5-18-22(19,20)10-7-17-11-9(10)3-1-4-16-11/h1,3-4,7,18H,2,5-6,8H2,(H,16,17). The predicted octanol–water partition coefficient (Wildman–Crippen LogP) is 1.81. The van der Waals surface area contributed by atoms with Gasteiger partial charge in [-0.3, -0.25) is 0 Å². The summed E-state index contributed by atoms with van der Waals surface area (Å²) in [6.45, 7) is -1.54. The largest absolute Gasteiger partial charge is 0.411 e.